The molecule has 2 atom stereocenters. The van der Waals surface area contributed by atoms with Crippen molar-refractivity contribution in [2.75, 3.05) is 13.1 Å². The standard InChI is InChI=1S/C32H42NO4.ClH/c1-2-3-4-11-18-30(34)37-32(25-14-7-5-8-15-25,26-16-9-6-10-17-26)31(35)36-29-23-27-19-20-28(24-29)33(27)21-12-13-22-33;/h5-10,14-17,27-29H,2-4,11-13,18-24H2,1H3;1H/q+1;/p-1. The minimum Gasteiger partial charge on any atom is -1.00 e. The number of carbonyl (C=O) groups is 2. The summed E-state index contributed by atoms with van der Waals surface area (Å²) in [7, 11) is 0. The highest BCUT2D eigenvalue weighted by Crippen LogP contribution is 2.47. The first-order valence-electron chi connectivity index (χ1n) is 14.5. The molecule has 0 saturated carbocycles. The fraction of sp³-hybridized carbons (Fsp3) is 0.562. The van der Waals surface area contributed by atoms with E-state index in [1.807, 2.05) is 60.7 Å². The molecule has 2 unspecified atom stereocenters. The Morgan fingerprint density at radius 2 is 1.39 bits per heavy atom. The van der Waals surface area contributed by atoms with Crippen LogP contribution in [0.5, 0.6) is 0 Å². The van der Waals surface area contributed by atoms with E-state index in [2.05, 4.69) is 6.92 Å². The molecule has 6 heteroatoms. The van der Waals surface area contributed by atoms with Gasteiger partial charge in [0.2, 0.25) is 0 Å². The smallest absolute Gasteiger partial charge is 0.360 e. The number of hydrogen-bond donors (Lipinski definition) is 0. The van der Waals surface area contributed by atoms with Gasteiger partial charge < -0.3 is 26.4 Å². The van der Waals surface area contributed by atoms with Gasteiger partial charge in [-0.15, -0.1) is 0 Å². The number of unbranched alkanes of at least 4 members (excludes halogenated alkanes) is 3. The van der Waals surface area contributed by atoms with E-state index < -0.39 is 11.6 Å². The van der Waals surface area contributed by atoms with Crippen LogP contribution in [0.3, 0.4) is 0 Å². The van der Waals surface area contributed by atoms with Gasteiger partial charge in [-0.05, 0) is 6.42 Å². The highest BCUT2D eigenvalue weighted by atomic mass is 35.5. The topological polar surface area (TPSA) is 52.6 Å². The van der Waals surface area contributed by atoms with E-state index in [1.165, 1.54) is 43.3 Å². The van der Waals surface area contributed by atoms with Gasteiger partial charge in [-0.3, -0.25) is 4.79 Å². The molecule has 0 aliphatic carbocycles. The highest BCUT2D eigenvalue weighted by molar-refractivity contribution is 5.89. The molecule has 3 aliphatic rings. The van der Waals surface area contributed by atoms with Crippen molar-refractivity contribution in [3.8, 4) is 0 Å². The fourth-order valence-corrected chi connectivity index (χ4v) is 7.37. The van der Waals surface area contributed by atoms with Crippen LogP contribution in [-0.2, 0) is 24.7 Å². The van der Waals surface area contributed by atoms with Gasteiger partial charge in [0, 0.05) is 56.1 Å². The van der Waals surface area contributed by atoms with E-state index in [-0.39, 0.29) is 24.5 Å². The Hall–Kier alpha value is -2.37. The Labute approximate surface area is 233 Å². The van der Waals surface area contributed by atoms with Gasteiger partial charge in [-0.1, -0.05) is 86.8 Å². The fourth-order valence-electron chi connectivity index (χ4n) is 7.37. The molecule has 38 heavy (non-hydrogen) atoms. The molecule has 0 N–H and O–H groups in total. The maximum atomic E-state index is 14.3. The number of carbonyl (C=O) groups excluding carboxylic acids is 2. The predicted octanol–water partition coefficient (Wildman–Crippen LogP) is 3.30. The zero-order valence-electron chi connectivity index (χ0n) is 22.7. The van der Waals surface area contributed by atoms with Gasteiger partial charge >= 0.3 is 11.9 Å². The number of ether oxygens (including phenoxy) is 2. The molecule has 1 spiro atoms. The SMILES string of the molecule is CCCCCCC(=O)OC(C(=O)OC1CC2CCC(C1)[N+]21CCCC1)(c1ccccc1)c1ccccc1.[Cl-]. The van der Waals surface area contributed by atoms with Gasteiger partial charge in [0.15, 0.2) is 0 Å². The van der Waals surface area contributed by atoms with Crippen molar-refractivity contribution >= 4 is 11.9 Å². The first kappa shape index (κ1) is 28.6. The van der Waals surface area contributed by atoms with Crippen molar-refractivity contribution in [1.29, 1.82) is 0 Å². The molecule has 3 fully saturated rings. The van der Waals surface area contributed by atoms with E-state index in [0.717, 1.165) is 38.5 Å². The summed E-state index contributed by atoms with van der Waals surface area (Å²) in [6.45, 7) is 4.71. The maximum absolute atomic E-state index is 14.3. The number of benzene rings is 2. The van der Waals surface area contributed by atoms with Crippen LogP contribution in [-0.4, -0.2) is 47.7 Å². The largest absolute Gasteiger partial charge is 1.00 e. The second kappa shape index (κ2) is 12.7. The van der Waals surface area contributed by atoms with Crippen molar-refractivity contribution in [3.05, 3.63) is 71.8 Å². The van der Waals surface area contributed by atoms with Crippen LogP contribution >= 0.6 is 0 Å². The third kappa shape index (κ3) is 5.51. The second-order valence-electron chi connectivity index (χ2n) is 11.3. The van der Waals surface area contributed by atoms with Crippen molar-refractivity contribution in [2.45, 2.75) is 101 Å². The molecule has 0 radical (unpaired) electrons. The van der Waals surface area contributed by atoms with Crippen molar-refractivity contribution in [2.24, 2.45) is 0 Å². The molecule has 5 rings (SSSR count). The molecule has 3 heterocycles. The number of piperidine rings is 1. The third-order valence-electron chi connectivity index (χ3n) is 9.18. The zero-order valence-corrected chi connectivity index (χ0v) is 23.4. The van der Waals surface area contributed by atoms with Crippen LogP contribution in [0.4, 0.5) is 0 Å². The molecule has 2 bridgehead atoms. The molecule has 0 aromatic heterocycles. The number of rotatable bonds is 10. The molecule has 2 aromatic rings. The van der Waals surface area contributed by atoms with E-state index in [9.17, 15) is 9.59 Å². The lowest BCUT2D eigenvalue weighted by atomic mass is 9.85. The molecule has 3 saturated heterocycles. The van der Waals surface area contributed by atoms with E-state index >= 15 is 0 Å². The third-order valence-corrected chi connectivity index (χ3v) is 9.18. The summed E-state index contributed by atoms with van der Waals surface area (Å²) >= 11 is 0. The van der Waals surface area contributed by atoms with E-state index in [1.54, 1.807) is 0 Å². The summed E-state index contributed by atoms with van der Waals surface area (Å²) < 4.78 is 13.9. The number of hydrogen-bond acceptors (Lipinski definition) is 4. The maximum Gasteiger partial charge on any atom is 0.360 e. The van der Waals surface area contributed by atoms with Gasteiger partial charge in [-0.2, -0.15) is 0 Å². The van der Waals surface area contributed by atoms with Crippen LogP contribution in [0.1, 0.15) is 88.7 Å². The molecule has 3 aliphatic heterocycles. The van der Waals surface area contributed by atoms with Crippen LogP contribution in [0.2, 0.25) is 0 Å². The summed E-state index contributed by atoms with van der Waals surface area (Å²) in [6, 6.07) is 20.0. The van der Waals surface area contributed by atoms with Crippen LogP contribution in [0.15, 0.2) is 60.7 Å². The number of nitrogens with zero attached hydrogens (tertiary/aromatic N) is 1. The first-order valence-corrected chi connectivity index (χ1v) is 14.5. The first-order chi connectivity index (χ1) is 18.1. The number of quaternary nitrogens is 1. The average Bonchev–Trinajstić information content (AvgIpc) is 3.47. The Morgan fingerprint density at radius 3 is 1.92 bits per heavy atom. The predicted molar refractivity (Wildman–Crippen MR) is 144 cm³/mol. The lowest BCUT2D eigenvalue weighted by Crippen LogP contribution is -3.00. The molecule has 5 nitrogen and oxygen atoms in total. The second-order valence-corrected chi connectivity index (χ2v) is 11.3. The van der Waals surface area contributed by atoms with Crippen molar-refractivity contribution in [3.63, 3.8) is 0 Å². The van der Waals surface area contributed by atoms with Gasteiger partial charge in [0.05, 0.1) is 25.2 Å². The number of halogens is 1. The lowest BCUT2D eigenvalue weighted by molar-refractivity contribution is -0.956. The number of esters is 2. The van der Waals surface area contributed by atoms with Gasteiger partial charge in [0.1, 0.15) is 6.10 Å². The van der Waals surface area contributed by atoms with Crippen molar-refractivity contribution < 1.29 is 36.0 Å². The van der Waals surface area contributed by atoms with E-state index in [0.29, 0.717) is 29.6 Å². The van der Waals surface area contributed by atoms with Crippen LogP contribution in [0, 0.1) is 0 Å². The minimum atomic E-state index is -1.61. The lowest BCUT2D eigenvalue weighted by Gasteiger charge is -2.47. The summed E-state index contributed by atoms with van der Waals surface area (Å²) in [5.41, 5.74) is -0.342. The van der Waals surface area contributed by atoms with Gasteiger partial charge in [0.25, 0.3) is 5.60 Å². The Bertz CT molecular complexity index is 998. The average molecular weight is 540 g/mol. The Balaban J connectivity index is 0.00000336. The zero-order chi connectivity index (χ0) is 25.7. The van der Waals surface area contributed by atoms with E-state index in [4.69, 9.17) is 9.47 Å². The highest BCUT2D eigenvalue weighted by Gasteiger charge is 2.57. The monoisotopic (exact) mass is 539 g/mol. The quantitative estimate of drug-likeness (QED) is 0.264. The van der Waals surface area contributed by atoms with Crippen LogP contribution < -0.4 is 12.4 Å². The van der Waals surface area contributed by atoms with Crippen molar-refractivity contribution in [1.82, 2.24) is 0 Å². The summed E-state index contributed by atoms with van der Waals surface area (Å²) in [5, 5.41) is 0. The molecule has 0 amide bonds. The normalized spacial score (nSPS) is 23.6. The van der Waals surface area contributed by atoms with Crippen LogP contribution in [0.25, 0.3) is 0 Å². The molecular weight excluding hydrogens is 498 g/mol. The summed E-state index contributed by atoms with van der Waals surface area (Å²) in [6.07, 6.45) is 11.0. The molecule has 206 valence electrons. The van der Waals surface area contributed by atoms with Gasteiger partial charge in [-0.25, -0.2) is 4.79 Å². The molecular formula is C32H42ClNO4. The molecule has 2 aromatic carbocycles. The summed E-state index contributed by atoms with van der Waals surface area (Å²) in [4.78, 5) is 27.5. The summed E-state index contributed by atoms with van der Waals surface area (Å²) in [5.74, 6) is -0.822. The minimum absolute atomic E-state index is 0. The Kier molecular flexibility index (Phi) is 9.54. The Morgan fingerprint density at radius 1 is 0.842 bits per heavy atom.